The summed E-state index contributed by atoms with van der Waals surface area (Å²) in [5.74, 6) is 0.275. The lowest BCUT2D eigenvalue weighted by atomic mass is 9.97. The Morgan fingerprint density at radius 3 is 3.05 bits per heavy atom. The van der Waals surface area contributed by atoms with Gasteiger partial charge in [-0.2, -0.15) is 5.10 Å². The largest absolute Gasteiger partial charge is 0.492 e. The second kappa shape index (κ2) is 5.46. The van der Waals surface area contributed by atoms with Crippen LogP contribution in [0.2, 0.25) is 0 Å². The molecule has 3 rings (SSSR count). The molecule has 0 spiro atoms. The molecule has 0 aliphatic carbocycles. The quantitative estimate of drug-likeness (QED) is 0.880. The Balaban J connectivity index is 1.66. The van der Waals surface area contributed by atoms with Crippen molar-refractivity contribution in [3.8, 4) is 5.75 Å². The average molecular weight is 301 g/mol. The Morgan fingerprint density at radius 1 is 1.55 bits per heavy atom. The van der Waals surface area contributed by atoms with E-state index in [0.717, 1.165) is 11.3 Å². The number of carbonyl (C=O) groups excluding carboxylic acids is 1. The fourth-order valence-electron chi connectivity index (χ4n) is 2.56. The maximum Gasteiger partial charge on any atom is 0.231 e. The van der Waals surface area contributed by atoms with Crippen LogP contribution in [0.3, 0.4) is 0 Å². The Hall–Kier alpha value is -2.34. The van der Waals surface area contributed by atoms with E-state index in [9.17, 15) is 9.90 Å². The number of ether oxygens (including phenoxy) is 1. The molecule has 1 aliphatic rings. The predicted molar refractivity (Wildman–Crippen MR) is 80.5 cm³/mol. The number of hydrogen-bond donors (Lipinski definition) is 2. The molecule has 1 aromatic carbocycles. The molecule has 2 N–H and O–H groups in total. The molecule has 22 heavy (non-hydrogen) atoms. The standard InChI is InChI=1S/C16H19N3O3/c1-16(21,11-7-18-19(2)8-11)10-17-15(20)13-9-22-14-6-4-3-5-12(13)14/h3-8,13,21H,9-10H2,1-2H3,(H,17,20). The predicted octanol–water partition coefficient (Wildman–Crippen LogP) is 0.920. The van der Waals surface area contributed by atoms with E-state index in [1.54, 1.807) is 31.0 Å². The fourth-order valence-corrected chi connectivity index (χ4v) is 2.56. The number of aromatic nitrogens is 2. The second-order valence-corrected chi connectivity index (χ2v) is 5.80. The van der Waals surface area contributed by atoms with Crippen molar-refractivity contribution in [2.24, 2.45) is 7.05 Å². The van der Waals surface area contributed by atoms with E-state index in [0.29, 0.717) is 12.2 Å². The van der Waals surface area contributed by atoms with Crippen LogP contribution in [-0.4, -0.2) is 33.9 Å². The molecule has 0 bridgehead atoms. The van der Waals surface area contributed by atoms with Gasteiger partial charge in [0.1, 0.15) is 23.9 Å². The van der Waals surface area contributed by atoms with E-state index in [2.05, 4.69) is 10.4 Å². The Morgan fingerprint density at radius 2 is 2.32 bits per heavy atom. The van der Waals surface area contributed by atoms with Crippen molar-refractivity contribution in [1.82, 2.24) is 15.1 Å². The first-order valence-electron chi connectivity index (χ1n) is 7.18. The Bertz CT molecular complexity index is 693. The number of nitrogens with one attached hydrogen (secondary N) is 1. The third-order valence-corrected chi connectivity index (χ3v) is 3.95. The first-order chi connectivity index (χ1) is 10.5. The number of aliphatic hydroxyl groups is 1. The third-order valence-electron chi connectivity index (χ3n) is 3.95. The van der Waals surface area contributed by atoms with Crippen LogP contribution < -0.4 is 10.1 Å². The Kier molecular flexibility index (Phi) is 3.62. The van der Waals surface area contributed by atoms with Crippen LogP contribution in [0.4, 0.5) is 0 Å². The second-order valence-electron chi connectivity index (χ2n) is 5.80. The molecule has 0 fully saturated rings. The molecule has 1 aromatic heterocycles. The topological polar surface area (TPSA) is 76.4 Å². The number of fused-ring (bicyclic) bond motifs is 1. The van der Waals surface area contributed by atoms with Crippen LogP contribution in [0.1, 0.15) is 24.0 Å². The molecule has 0 saturated heterocycles. The molecule has 0 radical (unpaired) electrons. The van der Waals surface area contributed by atoms with Gasteiger partial charge in [-0.25, -0.2) is 0 Å². The summed E-state index contributed by atoms with van der Waals surface area (Å²) in [4.78, 5) is 12.4. The average Bonchev–Trinajstić information content (AvgIpc) is 3.11. The van der Waals surface area contributed by atoms with E-state index < -0.39 is 5.60 Å². The number of rotatable bonds is 4. The number of para-hydroxylation sites is 1. The van der Waals surface area contributed by atoms with Gasteiger partial charge >= 0.3 is 0 Å². The number of aryl methyl sites for hydroxylation is 1. The van der Waals surface area contributed by atoms with Crippen LogP contribution in [0, 0.1) is 0 Å². The van der Waals surface area contributed by atoms with Crippen LogP contribution in [0.5, 0.6) is 5.75 Å². The lowest BCUT2D eigenvalue weighted by Gasteiger charge is -2.23. The molecule has 2 aromatic rings. The summed E-state index contributed by atoms with van der Waals surface area (Å²) >= 11 is 0. The summed E-state index contributed by atoms with van der Waals surface area (Å²) in [7, 11) is 1.78. The van der Waals surface area contributed by atoms with Crippen LogP contribution in [-0.2, 0) is 17.4 Å². The zero-order valence-electron chi connectivity index (χ0n) is 12.6. The van der Waals surface area contributed by atoms with Crippen molar-refractivity contribution in [3.05, 3.63) is 47.8 Å². The first-order valence-corrected chi connectivity index (χ1v) is 7.18. The zero-order valence-corrected chi connectivity index (χ0v) is 12.6. The molecular weight excluding hydrogens is 282 g/mol. The minimum atomic E-state index is -1.16. The number of carbonyl (C=O) groups is 1. The lowest BCUT2D eigenvalue weighted by Crippen LogP contribution is -2.40. The summed E-state index contributed by atoms with van der Waals surface area (Å²) in [5, 5.41) is 17.3. The molecule has 116 valence electrons. The molecule has 2 heterocycles. The van der Waals surface area contributed by atoms with E-state index in [1.165, 1.54) is 0 Å². The van der Waals surface area contributed by atoms with E-state index in [4.69, 9.17) is 4.74 Å². The lowest BCUT2D eigenvalue weighted by molar-refractivity contribution is -0.124. The molecule has 2 atom stereocenters. The van der Waals surface area contributed by atoms with Gasteiger partial charge in [-0.05, 0) is 13.0 Å². The maximum atomic E-state index is 12.4. The fraction of sp³-hybridized carbons (Fsp3) is 0.375. The monoisotopic (exact) mass is 301 g/mol. The molecular formula is C16H19N3O3. The summed E-state index contributed by atoms with van der Waals surface area (Å²) in [5.41, 5.74) is 0.391. The number of benzene rings is 1. The van der Waals surface area contributed by atoms with Gasteiger partial charge < -0.3 is 15.2 Å². The summed E-state index contributed by atoms with van der Waals surface area (Å²) in [6.07, 6.45) is 3.33. The number of nitrogens with zero attached hydrogens (tertiary/aromatic N) is 2. The van der Waals surface area contributed by atoms with Crippen LogP contribution >= 0.6 is 0 Å². The van der Waals surface area contributed by atoms with Crippen molar-refractivity contribution < 1.29 is 14.6 Å². The van der Waals surface area contributed by atoms with Crippen molar-refractivity contribution in [3.63, 3.8) is 0 Å². The van der Waals surface area contributed by atoms with Crippen LogP contribution in [0.25, 0.3) is 0 Å². The van der Waals surface area contributed by atoms with Crippen molar-refractivity contribution in [1.29, 1.82) is 0 Å². The highest BCUT2D eigenvalue weighted by atomic mass is 16.5. The van der Waals surface area contributed by atoms with Crippen molar-refractivity contribution in [2.75, 3.05) is 13.2 Å². The van der Waals surface area contributed by atoms with Gasteiger partial charge in [-0.3, -0.25) is 9.48 Å². The van der Waals surface area contributed by atoms with E-state index in [-0.39, 0.29) is 18.4 Å². The molecule has 2 unspecified atom stereocenters. The van der Waals surface area contributed by atoms with Gasteiger partial charge in [0.05, 0.1) is 12.7 Å². The molecule has 6 nitrogen and oxygen atoms in total. The summed E-state index contributed by atoms with van der Waals surface area (Å²) in [6.45, 7) is 2.11. The SMILES string of the molecule is Cn1cc(C(C)(O)CNC(=O)C2COc3ccccc32)cn1. The zero-order chi connectivity index (χ0) is 15.7. The van der Waals surface area contributed by atoms with Gasteiger partial charge in [0.15, 0.2) is 0 Å². The molecule has 6 heteroatoms. The van der Waals surface area contributed by atoms with Gasteiger partial charge in [0.2, 0.25) is 5.91 Å². The molecule has 1 aliphatic heterocycles. The number of amides is 1. The van der Waals surface area contributed by atoms with E-state index in [1.807, 2.05) is 24.3 Å². The third kappa shape index (κ3) is 2.69. The smallest absolute Gasteiger partial charge is 0.231 e. The molecule has 0 saturated carbocycles. The first kappa shape index (κ1) is 14.6. The van der Waals surface area contributed by atoms with Gasteiger partial charge in [-0.15, -0.1) is 0 Å². The number of hydrogen-bond acceptors (Lipinski definition) is 4. The normalized spacial score (nSPS) is 19.1. The highest BCUT2D eigenvalue weighted by Crippen LogP contribution is 2.33. The summed E-state index contributed by atoms with van der Waals surface area (Å²) in [6, 6.07) is 7.52. The highest BCUT2D eigenvalue weighted by Gasteiger charge is 2.32. The summed E-state index contributed by atoms with van der Waals surface area (Å²) < 4.78 is 7.13. The Labute approximate surface area is 128 Å². The van der Waals surface area contributed by atoms with Gasteiger partial charge in [0, 0.05) is 24.4 Å². The maximum absolute atomic E-state index is 12.4. The van der Waals surface area contributed by atoms with Crippen molar-refractivity contribution in [2.45, 2.75) is 18.4 Å². The van der Waals surface area contributed by atoms with Gasteiger partial charge in [0.25, 0.3) is 0 Å². The van der Waals surface area contributed by atoms with Crippen LogP contribution in [0.15, 0.2) is 36.7 Å². The minimum absolute atomic E-state index is 0.121. The minimum Gasteiger partial charge on any atom is -0.492 e. The van der Waals surface area contributed by atoms with E-state index >= 15 is 0 Å². The highest BCUT2D eigenvalue weighted by molar-refractivity contribution is 5.85. The van der Waals surface area contributed by atoms with Crippen molar-refractivity contribution >= 4 is 5.91 Å². The molecule has 1 amide bonds. The van der Waals surface area contributed by atoms with Gasteiger partial charge in [-0.1, -0.05) is 18.2 Å².